The summed E-state index contributed by atoms with van der Waals surface area (Å²) < 4.78 is 21.1. The van der Waals surface area contributed by atoms with Gasteiger partial charge in [-0.25, -0.2) is 9.79 Å². The van der Waals surface area contributed by atoms with Gasteiger partial charge in [0.15, 0.2) is 17.5 Å². The van der Waals surface area contributed by atoms with Crippen LogP contribution in [0.4, 0.5) is 4.79 Å². The van der Waals surface area contributed by atoms with Crippen LogP contribution in [0.2, 0.25) is 0 Å². The minimum Gasteiger partial charge on any atom is -0.496 e. The summed E-state index contributed by atoms with van der Waals surface area (Å²) in [6, 6.07) is 3.76. The first-order valence-corrected chi connectivity index (χ1v) is 9.29. The number of hydrogen-bond donors (Lipinski definition) is 2. The Morgan fingerprint density at radius 2 is 1.75 bits per heavy atom. The van der Waals surface area contributed by atoms with Gasteiger partial charge < -0.3 is 34.9 Å². The molecule has 0 saturated carbocycles. The van der Waals surface area contributed by atoms with Crippen molar-refractivity contribution in [1.82, 2.24) is 10.2 Å². The molecular weight excluding hydrogens is 364 g/mol. The van der Waals surface area contributed by atoms with Crippen LogP contribution < -0.4 is 25.3 Å². The molecule has 9 heteroatoms. The number of guanidine groups is 1. The number of hydrogen-bond acceptors (Lipinski definition) is 6. The maximum Gasteiger partial charge on any atom is 0.409 e. The van der Waals surface area contributed by atoms with Gasteiger partial charge in [0.2, 0.25) is 0 Å². The molecule has 28 heavy (non-hydrogen) atoms. The first-order chi connectivity index (χ1) is 13.5. The van der Waals surface area contributed by atoms with Crippen LogP contribution in [0.3, 0.4) is 0 Å². The second-order valence-electron chi connectivity index (χ2n) is 6.33. The van der Waals surface area contributed by atoms with Crippen LogP contribution in [0.5, 0.6) is 17.2 Å². The van der Waals surface area contributed by atoms with Gasteiger partial charge in [-0.3, -0.25) is 0 Å². The summed E-state index contributed by atoms with van der Waals surface area (Å²) >= 11 is 0. The molecule has 0 bridgehead atoms. The minimum atomic E-state index is -0.261. The fourth-order valence-electron chi connectivity index (χ4n) is 3.06. The minimum absolute atomic E-state index is 0.168. The van der Waals surface area contributed by atoms with Crippen molar-refractivity contribution in [1.29, 1.82) is 0 Å². The fraction of sp³-hybridized carbons (Fsp3) is 0.579. The number of ether oxygens (including phenoxy) is 4. The van der Waals surface area contributed by atoms with Crippen LogP contribution in [-0.4, -0.2) is 64.0 Å². The molecular formula is C19H30N4O5. The number of piperidine rings is 1. The van der Waals surface area contributed by atoms with Crippen LogP contribution in [-0.2, 0) is 11.3 Å². The molecule has 0 aliphatic carbocycles. The van der Waals surface area contributed by atoms with Crippen LogP contribution in [0, 0.1) is 0 Å². The predicted octanol–water partition coefficient (Wildman–Crippen LogP) is 1.74. The number of nitrogens with zero attached hydrogens (tertiary/aromatic N) is 2. The third-order valence-electron chi connectivity index (χ3n) is 4.58. The van der Waals surface area contributed by atoms with E-state index in [0.29, 0.717) is 49.4 Å². The highest BCUT2D eigenvalue weighted by Crippen LogP contribution is 2.34. The molecule has 0 atom stereocenters. The molecule has 1 aromatic carbocycles. The Bertz CT molecular complexity index is 687. The van der Waals surface area contributed by atoms with E-state index < -0.39 is 0 Å². The van der Waals surface area contributed by atoms with Gasteiger partial charge in [-0.15, -0.1) is 0 Å². The van der Waals surface area contributed by atoms with E-state index in [1.807, 2.05) is 6.07 Å². The van der Waals surface area contributed by atoms with E-state index in [9.17, 15) is 4.79 Å². The number of amides is 1. The molecule has 2 rings (SSSR count). The molecule has 9 nitrogen and oxygen atoms in total. The van der Waals surface area contributed by atoms with E-state index >= 15 is 0 Å². The van der Waals surface area contributed by atoms with E-state index in [1.54, 1.807) is 39.2 Å². The molecule has 1 heterocycles. The number of likely N-dealkylation sites (tertiary alicyclic amines) is 1. The largest absolute Gasteiger partial charge is 0.496 e. The van der Waals surface area contributed by atoms with E-state index in [2.05, 4.69) is 10.3 Å². The Hall–Kier alpha value is -2.84. The first-order valence-electron chi connectivity index (χ1n) is 9.29. The smallest absolute Gasteiger partial charge is 0.409 e. The van der Waals surface area contributed by atoms with Gasteiger partial charge in [0, 0.05) is 30.8 Å². The summed E-state index contributed by atoms with van der Waals surface area (Å²) in [6.45, 7) is 3.79. The molecule has 1 fully saturated rings. The summed E-state index contributed by atoms with van der Waals surface area (Å²) in [7, 11) is 4.74. The SMILES string of the molecule is CCOC(=O)N1CCC(NC(N)=NCc2cc(OC)c(OC)cc2OC)CC1. The normalized spacial score (nSPS) is 15.1. The number of carbonyl (C=O) groups is 1. The number of rotatable bonds is 7. The topological polar surface area (TPSA) is 108 Å². The quantitative estimate of drug-likeness (QED) is 0.536. The molecule has 0 unspecified atom stereocenters. The van der Waals surface area contributed by atoms with E-state index in [4.69, 9.17) is 24.7 Å². The monoisotopic (exact) mass is 394 g/mol. The van der Waals surface area contributed by atoms with Gasteiger partial charge in [0.05, 0.1) is 34.5 Å². The molecule has 156 valence electrons. The highest BCUT2D eigenvalue weighted by atomic mass is 16.6. The standard InChI is InChI=1S/C19H30N4O5/c1-5-28-19(24)23-8-6-14(7-9-23)22-18(20)21-12-13-10-16(26-3)17(27-4)11-15(13)25-2/h10-11,14H,5-9,12H2,1-4H3,(H3,20,21,22). The summed E-state index contributed by atoms with van der Waals surface area (Å²) in [4.78, 5) is 17.9. The second-order valence-corrected chi connectivity index (χ2v) is 6.33. The lowest BCUT2D eigenvalue weighted by Crippen LogP contribution is -2.48. The molecule has 1 aromatic rings. The Morgan fingerprint density at radius 3 is 2.32 bits per heavy atom. The average molecular weight is 394 g/mol. The van der Waals surface area contributed by atoms with Crippen LogP contribution in [0.15, 0.2) is 17.1 Å². The third-order valence-corrected chi connectivity index (χ3v) is 4.58. The number of benzene rings is 1. The van der Waals surface area contributed by atoms with Crippen LogP contribution in [0.25, 0.3) is 0 Å². The summed E-state index contributed by atoms with van der Waals surface area (Å²) in [5.41, 5.74) is 6.88. The van der Waals surface area contributed by atoms with Crippen molar-refractivity contribution in [3.05, 3.63) is 17.7 Å². The van der Waals surface area contributed by atoms with Crippen molar-refractivity contribution in [2.45, 2.75) is 32.4 Å². The van der Waals surface area contributed by atoms with E-state index in [1.165, 1.54) is 0 Å². The van der Waals surface area contributed by atoms with Crippen molar-refractivity contribution < 1.29 is 23.7 Å². The number of nitrogens with one attached hydrogen (secondary N) is 1. The maximum atomic E-state index is 11.7. The zero-order valence-corrected chi connectivity index (χ0v) is 17.0. The summed E-state index contributed by atoms with van der Waals surface area (Å²) in [6.07, 6.45) is 1.31. The molecule has 0 spiro atoms. The van der Waals surface area contributed by atoms with Gasteiger partial charge in [-0.2, -0.15) is 0 Å². The fourth-order valence-corrected chi connectivity index (χ4v) is 3.06. The number of methoxy groups -OCH3 is 3. The van der Waals surface area contributed by atoms with Crippen LogP contribution >= 0.6 is 0 Å². The van der Waals surface area contributed by atoms with Crippen molar-refractivity contribution in [2.75, 3.05) is 41.0 Å². The van der Waals surface area contributed by atoms with Gasteiger partial charge in [0.25, 0.3) is 0 Å². The van der Waals surface area contributed by atoms with Gasteiger partial charge >= 0.3 is 6.09 Å². The van der Waals surface area contributed by atoms with Gasteiger partial charge in [-0.05, 0) is 25.8 Å². The zero-order valence-electron chi connectivity index (χ0n) is 17.0. The molecule has 1 aliphatic heterocycles. The van der Waals surface area contributed by atoms with Gasteiger partial charge in [-0.1, -0.05) is 0 Å². The summed E-state index contributed by atoms with van der Waals surface area (Å²) in [5.74, 6) is 2.20. The molecule has 1 saturated heterocycles. The van der Waals surface area contributed by atoms with Crippen molar-refractivity contribution >= 4 is 12.1 Å². The highest BCUT2D eigenvalue weighted by Gasteiger charge is 2.23. The third kappa shape index (κ3) is 5.58. The molecule has 0 aromatic heterocycles. The van der Waals surface area contributed by atoms with E-state index in [-0.39, 0.29) is 12.1 Å². The highest BCUT2D eigenvalue weighted by molar-refractivity contribution is 5.78. The number of aliphatic imine (C=N–C) groups is 1. The molecule has 3 N–H and O–H groups in total. The molecule has 1 aliphatic rings. The van der Waals surface area contributed by atoms with Crippen LogP contribution in [0.1, 0.15) is 25.3 Å². The van der Waals surface area contributed by atoms with Crippen molar-refractivity contribution in [3.63, 3.8) is 0 Å². The lowest BCUT2D eigenvalue weighted by Gasteiger charge is -2.31. The second kappa shape index (κ2) is 10.5. The maximum absolute atomic E-state index is 11.7. The predicted molar refractivity (Wildman–Crippen MR) is 106 cm³/mol. The first kappa shape index (κ1) is 21.5. The molecule has 1 amide bonds. The number of nitrogens with two attached hydrogens (primary N) is 1. The Labute approximate surface area is 165 Å². The molecule has 0 radical (unpaired) electrons. The zero-order chi connectivity index (χ0) is 20.5. The number of carbonyl (C=O) groups excluding carboxylic acids is 1. The van der Waals surface area contributed by atoms with Crippen molar-refractivity contribution in [3.8, 4) is 17.2 Å². The van der Waals surface area contributed by atoms with Gasteiger partial charge in [0.1, 0.15) is 5.75 Å². The average Bonchev–Trinajstić information content (AvgIpc) is 2.72. The van der Waals surface area contributed by atoms with E-state index in [0.717, 1.165) is 18.4 Å². The Kier molecular flexibility index (Phi) is 8.03. The Balaban J connectivity index is 1.94. The Morgan fingerprint density at radius 1 is 1.14 bits per heavy atom. The lowest BCUT2D eigenvalue weighted by molar-refractivity contribution is 0.0963. The van der Waals surface area contributed by atoms with Crippen molar-refractivity contribution in [2.24, 2.45) is 10.7 Å². The lowest BCUT2D eigenvalue weighted by atomic mass is 10.1. The summed E-state index contributed by atoms with van der Waals surface area (Å²) in [5, 5.41) is 3.22.